The molecule has 1 N–H and O–H groups in total. The number of carbonyl (C=O) groups excluding carboxylic acids is 1. The van der Waals surface area contributed by atoms with Gasteiger partial charge in [0, 0.05) is 37.5 Å². The fraction of sp³-hybridized carbons (Fsp3) is 0.588. The van der Waals surface area contributed by atoms with E-state index in [1.54, 1.807) is 0 Å². The fourth-order valence-corrected chi connectivity index (χ4v) is 3.19. The summed E-state index contributed by atoms with van der Waals surface area (Å²) in [5.74, 6) is -0.382. The van der Waals surface area contributed by atoms with Gasteiger partial charge in [-0.3, -0.25) is 4.79 Å². The first-order chi connectivity index (χ1) is 10.7. The van der Waals surface area contributed by atoms with Crippen molar-refractivity contribution in [2.24, 2.45) is 0 Å². The van der Waals surface area contributed by atoms with Crippen LogP contribution in [0, 0.1) is 5.82 Å². The largest absolute Gasteiger partial charge is 0.378 e. The molecule has 1 aromatic rings. The number of hydrogen-bond acceptors (Lipinski definition) is 3. The Kier molecular flexibility index (Phi) is 4.93. The Bertz CT molecular complexity index is 523. The SMILES string of the molecule is O=C(CCC1CCCO1)Nc1cc(F)cc(N2CCCC2)c1. The average molecular weight is 306 g/mol. The summed E-state index contributed by atoms with van der Waals surface area (Å²) >= 11 is 0. The Balaban J connectivity index is 1.57. The molecule has 1 atom stereocenters. The van der Waals surface area contributed by atoms with Crippen molar-refractivity contribution in [1.82, 2.24) is 0 Å². The molecule has 2 saturated heterocycles. The third-order valence-corrected chi connectivity index (χ3v) is 4.35. The van der Waals surface area contributed by atoms with Gasteiger partial charge in [0.1, 0.15) is 5.82 Å². The highest BCUT2D eigenvalue weighted by Gasteiger charge is 2.18. The summed E-state index contributed by atoms with van der Waals surface area (Å²) in [7, 11) is 0. The summed E-state index contributed by atoms with van der Waals surface area (Å²) in [4.78, 5) is 14.2. The Labute approximate surface area is 130 Å². The Morgan fingerprint density at radius 1 is 1.27 bits per heavy atom. The van der Waals surface area contributed by atoms with Gasteiger partial charge in [-0.15, -0.1) is 0 Å². The maximum atomic E-state index is 13.8. The summed E-state index contributed by atoms with van der Waals surface area (Å²) in [5.41, 5.74) is 1.39. The number of ether oxygens (including phenoxy) is 1. The third kappa shape index (κ3) is 3.97. The van der Waals surface area contributed by atoms with Crippen LogP contribution < -0.4 is 10.2 Å². The van der Waals surface area contributed by atoms with Gasteiger partial charge in [-0.25, -0.2) is 4.39 Å². The van der Waals surface area contributed by atoms with Crippen molar-refractivity contribution in [2.45, 2.75) is 44.6 Å². The molecule has 0 radical (unpaired) electrons. The normalized spacial score (nSPS) is 21.3. The summed E-state index contributed by atoms with van der Waals surface area (Å²) in [6.45, 7) is 2.71. The summed E-state index contributed by atoms with van der Waals surface area (Å²) in [5, 5.41) is 2.81. The van der Waals surface area contributed by atoms with Crippen LogP contribution in [0.3, 0.4) is 0 Å². The summed E-state index contributed by atoms with van der Waals surface area (Å²) in [6.07, 6.45) is 5.75. The van der Waals surface area contributed by atoms with Crippen molar-refractivity contribution in [1.29, 1.82) is 0 Å². The molecule has 2 heterocycles. The molecule has 0 aliphatic carbocycles. The van der Waals surface area contributed by atoms with Gasteiger partial charge in [-0.1, -0.05) is 0 Å². The molecule has 2 aliphatic rings. The van der Waals surface area contributed by atoms with E-state index in [1.165, 1.54) is 12.1 Å². The van der Waals surface area contributed by atoms with Gasteiger partial charge in [0.25, 0.3) is 0 Å². The monoisotopic (exact) mass is 306 g/mol. The van der Waals surface area contributed by atoms with E-state index in [9.17, 15) is 9.18 Å². The number of nitrogens with zero attached hydrogens (tertiary/aromatic N) is 1. The van der Waals surface area contributed by atoms with Crippen molar-refractivity contribution in [3.05, 3.63) is 24.0 Å². The van der Waals surface area contributed by atoms with Crippen molar-refractivity contribution in [2.75, 3.05) is 29.9 Å². The highest BCUT2D eigenvalue weighted by molar-refractivity contribution is 5.91. The molecule has 2 aliphatic heterocycles. The smallest absolute Gasteiger partial charge is 0.224 e. The highest BCUT2D eigenvalue weighted by atomic mass is 19.1. The topological polar surface area (TPSA) is 41.6 Å². The molecular weight excluding hydrogens is 283 g/mol. The van der Waals surface area contributed by atoms with Gasteiger partial charge in [0.15, 0.2) is 0 Å². The number of hydrogen-bond donors (Lipinski definition) is 1. The fourth-order valence-electron chi connectivity index (χ4n) is 3.19. The second kappa shape index (κ2) is 7.09. The third-order valence-electron chi connectivity index (χ3n) is 4.35. The van der Waals surface area contributed by atoms with Gasteiger partial charge in [0.05, 0.1) is 6.10 Å². The van der Waals surface area contributed by atoms with Crippen LogP contribution in [-0.2, 0) is 9.53 Å². The van der Waals surface area contributed by atoms with E-state index in [0.717, 1.165) is 57.5 Å². The zero-order valence-corrected chi connectivity index (χ0v) is 12.8. The van der Waals surface area contributed by atoms with Gasteiger partial charge < -0.3 is 15.0 Å². The van der Waals surface area contributed by atoms with E-state index < -0.39 is 0 Å². The molecule has 1 unspecified atom stereocenters. The molecule has 0 spiro atoms. The molecule has 2 fully saturated rings. The maximum absolute atomic E-state index is 13.8. The van der Waals surface area contributed by atoms with Crippen LogP contribution in [0.2, 0.25) is 0 Å². The maximum Gasteiger partial charge on any atom is 0.224 e. The molecule has 0 saturated carbocycles. The predicted octanol–water partition coefficient (Wildman–Crippen LogP) is 3.32. The lowest BCUT2D eigenvalue weighted by atomic mass is 10.1. The minimum Gasteiger partial charge on any atom is -0.378 e. The molecule has 1 amide bonds. The second-order valence-corrected chi connectivity index (χ2v) is 6.11. The van der Waals surface area contributed by atoms with Gasteiger partial charge in [-0.05, 0) is 50.3 Å². The molecule has 0 bridgehead atoms. The minimum atomic E-state index is -0.307. The number of amides is 1. The quantitative estimate of drug-likeness (QED) is 0.907. The standard InChI is InChI=1S/C17H23FN2O2/c18-13-10-14(12-15(11-13)20-7-1-2-8-20)19-17(21)6-5-16-4-3-9-22-16/h10-12,16H,1-9H2,(H,19,21). The Hall–Kier alpha value is -1.62. The van der Waals surface area contributed by atoms with Crippen molar-refractivity contribution < 1.29 is 13.9 Å². The van der Waals surface area contributed by atoms with E-state index in [0.29, 0.717) is 12.1 Å². The molecule has 3 rings (SSSR count). The number of anilines is 2. The first-order valence-electron chi connectivity index (χ1n) is 8.18. The number of halogens is 1. The van der Waals surface area contributed by atoms with Gasteiger partial charge in [-0.2, -0.15) is 0 Å². The summed E-state index contributed by atoms with van der Waals surface area (Å²) in [6, 6.07) is 4.77. The van der Waals surface area contributed by atoms with Crippen LogP contribution in [-0.4, -0.2) is 31.7 Å². The van der Waals surface area contributed by atoms with Crippen LogP contribution in [0.15, 0.2) is 18.2 Å². The van der Waals surface area contributed by atoms with E-state index in [-0.39, 0.29) is 17.8 Å². The van der Waals surface area contributed by atoms with E-state index in [1.807, 2.05) is 6.07 Å². The van der Waals surface area contributed by atoms with Crippen LogP contribution in [0.4, 0.5) is 15.8 Å². The number of carbonyl (C=O) groups is 1. The van der Waals surface area contributed by atoms with Crippen LogP contribution in [0.1, 0.15) is 38.5 Å². The Morgan fingerprint density at radius 3 is 2.82 bits per heavy atom. The van der Waals surface area contributed by atoms with Crippen molar-refractivity contribution in [3.8, 4) is 0 Å². The molecular formula is C17H23FN2O2. The lowest BCUT2D eigenvalue weighted by molar-refractivity contribution is -0.116. The average Bonchev–Trinajstić information content (AvgIpc) is 3.18. The zero-order valence-electron chi connectivity index (χ0n) is 12.8. The van der Waals surface area contributed by atoms with E-state index in [4.69, 9.17) is 4.74 Å². The van der Waals surface area contributed by atoms with Gasteiger partial charge in [0.2, 0.25) is 5.91 Å². The second-order valence-electron chi connectivity index (χ2n) is 6.11. The molecule has 120 valence electrons. The van der Waals surface area contributed by atoms with E-state index in [2.05, 4.69) is 10.2 Å². The van der Waals surface area contributed by atoms with Crippen LogP contribution >= 0.6 is 0 Å². The molecule has 1 aromatic carbocycles. The zero-order chi connectivity index (χ0) is 15.4. The first-order valence-corrected chi connectivity index (χ1v) is 8.18. The molecule has 0 aromatic heterocycles. The highest BCUT2D eigenvalue weighted by Crippen LogP contribution is 2.25. The molecule has 5 heteroatoms. The lowest BCUT2D eigenvalue weighted by Crippen LogP contribution is -2.19. The van der Waals surface area contributed by atoms with Crippen molar-refractivity contribution >= 4 is 17.3 Å². The number of benzene rings is 1. The Morgan fingerprint density at radius 2 is 2.09 bits per heavy atom. The molecule has 22 heavy (non-hydrogen) atoms. The predicted molar refractivity (Wildman–Crippen MR) is 84.7 cm³/mol. The number of nitrogens with one attached hydrogen (secondary N) is 1. The van der Waals surface area contributed by atoms with Crippen molar-refractivity contribution in [3.63, 3.8) is 0 Å². The first kappa shape index (κ1) is 15.3. The van der Waals surface area contributed by atoms with Gasteiger partial charge >= 0.3 is 0 Å². The number of rotatable bonds is 5. The van der Waals surface area contributed by atoms with Crippen LogP contribution in [0.25, 0.3) is 0 Å². The summed E-state index contributed by atoms with van der Waals surface area (Å²) < 4.78 is 19.3. The lowest BCUT2D eigenvalue weighted by Gasteiger charge is -2.19. The van der Waals surface area contributed by atoms with Crippen LogP contribution in [0.5, 0.6) is 0 Å². The minimum absolute atomic E-state index is 0.0755. The van der Waals surface area contributed by atoms with E-state index >= 15 is 0 Å². The molecule has 4 nitrogen and oxygen atoms in total.